The Kier molecular flexibility index (Phi) is 6.39. The zero-order valence-corrected chi connectivity index (χ0v) is 17.8. The molecule has 2 fully saturated rings. The lowest BCUT2D eigenvalue weighted by atomic mass is 9.94. The number of fused-ring (bicyclic) bond motifs is 1. The number of amides is 2. The van der Waals surface area contributed by atoms with E-state index in [1.807, 2.05) is 29.2 Å². The van der Waals surface area contributed by atoms with Crippen LogP contribution in [0.3, 0.4) is 0 Å². The minimum Gasteiger partial charge on any atom is -0.450 e. The van der Waals surface area contributed by atoms with E-state index in [9.17, 15) is 14.4 Å². The first-order chi connectivity index (χ1) is 15.0. The number of benzene rings is 1. The van der Waals surface area contributed by atoms with Crippen LogP contribution < -0.4 is 15.8 Å². The predicted molar refractivity (Wildman–Crippen MR) is 117 cm³/mol. The van der Waals surface area contributed by atoms with E-state index >= 15 is 0 Å². The van der Waals surface area contributed by atoms with Gasteiger partial charge in [-0.05, 0) is 44.7 Å². The van der Waals surface area contributed by atoms with Crippen LogP contribution in [0.25, 0.3) is 11.0 Å². The van der Waals surface area contributed by atoms with Crippen LogP contribution in [0.1, 0.15) is 32.6 Å². The largest absolute Gasteiger partial charge is 0.450 e. The number of ether oxygens (including phenoxy) is 1. The molecule has 4 rings (SSSR count). The first kappa shape index (κ1) is 21.1. The molecule has 0 saturated carbocycles. The van der Waals surface area contributed by atoms with E-state index in [2.05, 4.69) is 15.3 Å². The SMILES string of the molecule is CCOC(=O)N1CCC(NC(=O)C2CCN(c3nc4ccccc4[nH]c3=O)CC2)CC1. The van der Waals surface area contributed by atoms with Crippen molar-refractivity contribution < 1.29 is 14.3 Å². The Morgan fingerprint density at radius 1 is 1.13 bits per heavy atom. The molecule has 0 aliphatic carbocycles. The molecule has 0 unspecified atom stereocenters. The van der Waals surface area contributed by atoms with Gasteiger partial charge in [-0.3, -0.25) is 9.59 Å². The minimum atomic E-state index is -0.281. The van der Waals surface area contributed by atoms with Crippen molar-refractivity contribution in [1.82, 2.24) is 20.2 Å². The van der Waals surface area contributed by atoms with Crippen LogP contribution in [0.2, 0.25) is 0 Å². The van der Waals surface area contributed by atoms with E-state index in [1.54, 1.807) is 11.8 Å². The summed E-state index contributed by atoms with van der Waals surface area (Å²) in [6.07, 6.45) is 2.56. The summed E-state index contributed by atoms with van der Waals surface area (Å²) >= 11 is 0. The van der Waals surface area contributed by atoms with Gasteiger partial charge in [-0.25, -0.2) is 9.78 Å². The maximum atomic E-state index is 12.8. The molecule has 3 heterocycles. The Bertz CT molecular complexity index is 991. The summed E-state index contributed by atoms with van der Waals surface area (Å²) in [5.74, 6) is 0.414. The van der Waals surface area contributed by atoms with Gasteiger partial charge < -0.3 is 24.8 Å². The van der Waals surface area contributed by atoms with Gasteiger partial charge in [-0.15, -0.1) is 0 Å². The summed E-state index contributed by atoms with van der Waals surface area (Å²) in [7, 11) is 0. The Hall–Kier alpha value is -3.10. The van der Waals surface area contributed by atoms with Gasteiger partial charge in [0.1, 0.15) is 0 Å². The Balaban J connectivity index is 1.28. The van der Waals surface area contributed by atoms with Gasteiger partial charge in [0.2, 0.25) is 5.91 Å². The first-order valence-corrected chi connectivity index (χ1v) is 11.0. The second-order valence-electron chi connectivity index (χ2n) is 8.14. The van der Waals surface area contributed by atoms with E-state index in [0.29, 0.717) is 51.4 Å². The van der Waals surface area contributed by atoms with E-state index in [-0.39, 0.29) is 29.5 Å². The second kappa shape index (κ2) is 9.36. The summed E-state index contributed by atoms with van der Waals surface area (Å²) in [5, 5.41) is 3.15. The lowest BCUT2D eigenvalue weighted by Crippen LogP contribution is -2.49. The third kappa shape index (κ3) is 4.81. The number of hydrogen-bond acceptors (Lipinski definition) is 6. The topological polar surface area (TPSA) is 108 Å². The molecule has 1 aromatic carbocycles. The van der Waals surface area contributed by atoms with Gasteiger partial charge >= 0.3 is 6.09 Å². The molecule has 2 amide bonds. The molecular weight excluding hydrogens is 398 g/mol. The number of nitrogens with one attached hydrogen (secondary N) is 2. The quantitative estimate of drug-likeness (QED) is 0.771. The summed E-state index contributed by atoms with van der Waals surface area (Å²) in [6, 6.07) is 7.56. The smallest absolute Gasteiger partial charge is 0.409 e. The Morgan fingerprint density at radius 2 is 1.84 bits per heavy atom. The fourth-order valence-electron chi connectivity index (χ4n) is 4.33. The molecule has 9 heteroatoms. The van der Waals surface area contributed by atoms with Crippen molar-refractivity contribution in [3.63, 3.8) is 0 Å². The van der Waals surface area contributed by atoms with Crippen molar-refractivity contribution in [3.8, 4) is 0 Å². The number of H-pyrrole nitrogens is 1. The van der Waals surface area contributed by atoms with Crippen LogP contribution in [0.15, 0.2) is 29.1 Å². The highest BCUT2D eigenvalue weighted by molar-refractivity contribution is 5.79. The van der Waals surface area contributed by atoms with Crippen molar-refractivity contribution in [2.45, 2.75) is 38.6 Å². The van der Waals surface area contributed by atoms with Crippen molar-refractivity contribution in [3.05, 3.63) is 34.6 Å². The lowest BCUT2D eigenvalue weighted by Gasteiger charge is -2.34. The van der Waals surface area contributed by atoms with Gasteiger partial charge in [0, 0.05) is 38.1 Å². The summed E-state index contributed by atoms with van der Waals surface area (Å²) < 4.78 is 5.04. The highest BCUT2D eigenvalue weighted by Crippen LogP contribution is 2.22. The van der Waals surface area contributed by atoms with E-state index < -0.39 is 0 Å². The fourth-order valence-corrected chi connectivity index (χ4v) is 4.33. The minimum absolute atomic E-state index is 0.0645. The van der Waals surface area contributed by atoms with Crippen molar-refractivity contribution in [2.75, 3.05) is 37.7 Å². The molecule has 2 aliphatic heterocycles. The van der Waals surface area contributed by atoms with E-state index in [4.69, 9.17) is 4.74 Å². The zero-order valence-electron chi connectivity index (χ0n) is 17.8. The molecule has 0 radical (unpaired) electrons. The maximum absolute atomic E-state index is 12.8. The van der Waals surface area contributed by atoms with Crippen LogP contribution in [0, 0.1) is 5.92 Å². The summed E-state index contributed by atoms with van der Waals surface area (Å²) in [4.78, 5) is 48.1. The molecule has 1 aromatic heterocycles. The molecular formula is C22H29N5O4. The highest BCUT2D eigenvalue weighted by atomic mass is 16.6. The Morgan fingerprint density at radius 3 is 2.55 bits per heavy atom. The van der Waals surface area contributed by atoms with Gasteiger partial charge in [0.25, 0.3) is 5.56 Å². The van der Waals surface area contributed by atoms with Crippen LogP contribution in [-0.4, -0.2) is 65.7 Å². The normalized spacial score (nSPS) is 18.2. The molecule has 0 spiro atoms. The van der Waals surface area contributed by atoms with Crippen LogP contribution in [-0.2, 0) is 9.53 Å². The maximum Gasteiger partial charge on any atom is 0.409 e. The first-order valence-electron chi connectivity index (χ1n) is 11.0. The summed E-state index contributed by atoms with van der Waals surface area (Å²) in [6.45, 7) is 4.59. The molecule has 2 N–H and O–H groups in total. The molecule has 0 atom stereocenters. The van der Waals surface area contributed by atoms with Crippen LogP contribution in [0.5, 0.6) is 0 Å². The number of carbonyl (C=O) groups excluding carboxylic acids is 2. The summed E-state index contributed by atoms with van der Waals surface area (Å²) in [5.41, 5.74) is 1.28. The number of hydrogen-bond donors (Lipinski definition) is 2. The second-order valence-corrected chi connectivity index (χ2v) is 8.14. The number of carbonyl (C=O) groups is 2. The van der Waals surface area contributed by atoms with Crippen molar-refractivity contribution in [1.29, 1.82) is 0 Å². The molecule has 31 heavy (non-hydrogen) atoms. The Labute approximate surface area is 180 Å². The van der Waals surface area contributed by atoms with Gasteiger partial charge in [-0.1, -0.05) is 12.1 Å². The zero-order chi connectivity index (χ0) is 21.8. The molecule has 9 nitrogen and oxygen atoms in total. The van der Waals surface area contributed by atoms with Gasteiger partial charge in [-0.2, -0.15) is 0 Å². The van der Waals surface area contributed by atoms with Crippen LogP contribution >= 0.6 is 0 Å². The van der Waals surface area contributed by atoms with E-state index in [0.717, 1.165) is 23.9 Å². The monoisotopic (exact) mass is 427 g/mol. The van der Waals surface area contributed by atoms with E-state index in [1.165, 1.54) is 0 Å². The lowest BCUT2D eigenvalue weighted by molar-refractivity contribution is -0.126. The van der Waals surface area contributed by atoms with Gasteiger partial charge in [0.05, 0.1) is 17.6 Å². The number of likely N-dealkylation sites (tertiary alicyclic amines) is 1. The number of anilines is 1. The highest BCUT2D eigenvalue weighted by Gasteiger charge is 2.30. The standard InChI is InChI=1S/C22H29N5O4/c1-2-31-22(30)27-13-9-16(10-14-27)23-20(28)15-7-11-26(12-8-15)19-21(29)25-18-6-4-3-5-17(18)24-19/h3-6,15-16H,2,7-14H2,1H3,(H,23,28)(H,25,29). The average molecular weight is 428 g/mol. The number of nitrogens with zero attached hydrogens (tertiary/aromatic N) is 3. The number of aromatic nitrogens is 2. The van der Waals surface area contributed by atoms with Crippen molar-refractivity contribution >= 4 is 28.9 Å². The number of rotatable bonds is 4. The molecule has 2 saturated heterocycles. The third-order valence-electron chi connectivity index (χ3n) is 6.11. The average Bonchev–Trinajstić information content (AvgIpc) is 2.79. The third-order valence-corrected chi connectivity index (χ3v) is 6.11. The molecule has 2 aromatic rings. The fraction of sp³-hybridized carbons (Fsp3) is 0.545. The predicted octanol–water partition coefficient (Wildman–Crippen LogP) is 1.88. The van der Waals surface area contributed by atoms with Crippen molar-refractivity contribution in [2.24, 2.45) is 5.92 Å². The van der Waals surface area contributed by atoms with Crippen LogP contribution in [0.4, 0.5) is 10.6 Å². The number of aromatic amines is 1. The molecule has 0 bridgehead atoms. The number of piperidine rings is 2. The molecule has 166 valence electrons. The molecule has 2 aliphatic rings. The number of para-hydroxylation sites is 2. The van der Waals surface area contributed by atoms with Gasteiger partial charge in [0.15, 0.2) is 5.82 Å².